The third-order valence-electron chi connectivity index (χ3n) is 4.79. The monoisotopic (exact) mass is 424 g/mol. The molecule has 2 N–H and O–H groups in total. The molecule has 150 valence electrons. The van der Waals surface area contributed by atoms with Crippen molar-refractivity contribution >= 4 is 27.3 Å². The summed E-state index contributed by atoms with van der Waals surface area (Å²) in [4.78, 5) is 18.5. The van der Waals surface area contributed by atoms with Crippen molar-refractivity contribution in [1.29, 1.82) is 0 Å². The average Bonchev–Trinajstić information content (AvgIpc) is 2.64. The lowest BCUT2D eigenvalue weighted by Crippen LogP contribution is -2.42. The van der Waals surface area contributed by atoms with Gasteiger partial charge in [-0.1, -0.05) is 17.7 Å². The average molecular weight is 425 g/mol. The summed E-state index contributed by atoms with van der Waals surface area (Å²) in [7, 11) is -3.95. The van der Waals surface area contributed by atoms with Crippen LogP contribution in [0.15, 0.2) is 35.2 Å². The quantitative estimate of drug-likeness (QED) is 0.730. The normalized spacial score (nSPS) is 17.5. The molecule has 2 aromatic rings. The lowest BCUT2D eigenvalue weighted by Gasteiger charge is -2.33. The number of aromatic hydroxyl groups is 2. The van der Waals surface area contributed by atoms with Crippen LogP contribution in [0, 0.1) is 0 Å². The first-order valence-electron chi connectivity index (χ1n) is 8.90. The van der Waals surface area contributed by atoms with Crippen molar-refractivity contribution in [2.24, 2.45) is 0 Å². The molecule has 0 bridgehead atoms. The van der Waals surface area contributed by atoms with Gasteiger partial charge in [-0.05, 0) is 38.3 Å². The number of hydrogen-bond donors (Lipinski definition) is 2. The molecule has 1 unspecified atom stereocenters. The predicted octanol–water partition coefficient (Wildman–Crippen LogP) is 3.13. The Balaban J connectivity index is 1.86. The maximum atomic E-state index is 12.8. The first-order valence-corrected chi connectivity index (χ1v) is 10.9. The van der Waals surface area contributed by atoms with Crippen molar-refractivity contribution in [1.82, 2.24) is 9.88 Å². The van der Waals surface area contributed by atoms with Crippen molar-refractivity contribution in [3.8, 4) is 11.5 Å². The smallest absolute Gasteiger partial charge is 0.272 e. The Morgan fingerprint density at radius 3 is 2.68 bits per heavy atom. The van der Waals surface area contributed by atoms with E-state index in [0.717, 1.165) is 31.4 Å². The molecule has 0 radical (unpaired) electrons. The molecule has 0 saturated carbocycles. The molecule has 1 fully saturated rings. The number of nitrogens with zero attached hydrogens (tertiary/aromatic N) is 2. The number of rotatable bonds is 4. The van der Waals surface area contributed by atoms with E-state index in [-0.39, 0.29) is 33.3 Å². The Morgan fingerprint density at radius 2 is 1.96 bits per heavy atom. The van der Waals surface area contributed by atoms with Crippen LogP contribution in [0.25, 0.3) is 0 Å². The van der Waals surface area contributed by atoms with Gasteiger partial charge in [-0.15, -0.1) is 0 Å². The lowest BCUT2D eigenvalue weighted by molar-refractivity contribution is 0.0629. The molecule has 3 rings (SSSR count). The van der Waals surface area contributed by atoms with Gasteiger partial charge in [0, 0.05) is 24.7 Å². The second-order valence-electron chi connectivity index (χ2n) is 6.89. The van der Waals surface area contributed by atoms with E-state index in [4.69, 9.17) is 11.6 Å². The molecule has 2 heterocycles. The number of aromatic nitrogens is 1. The molecule has 1 atom stereocenters. The topological polar surface area (TPSA) is 108 Å². The summed E-state index contributed by atoms with van der Waals surface area (Å²) in [6.45, 7) is 2.65. The Kier molecular flexibility index (Phi) is 5.81. The maximum Gasteiger partial charge on any atom is 0.272 e. The van der Waals surface area contributed by atoms with Gasteiger partial charge in [0.05, 0.1) is 21.4 Å². The zero-order valence-electron chi connectivity index (χ0n) is 15.3. The van der Waals surface area contributed by atoms with Crippen LogP contribution in [0.4, 0.5) is 0 Å². The molecule has 0 spiro atoms. The zero-order valence-corrected chi connectivity index (χ0v) is 16.9. The Hall–Kier alpha value is -2.32. The molecule has 28 heavy (non-hydrogen) atoms. The summed E-state index contributed by atoms with van der Waals surface area (Å²) in [6, 6.07) is 6.66. The van der Waals surface area contributed by atoms with Gasteiger partial charge in [0.15, 0.2) is 21.3 Å². The largest absolute Gasteiger partial charge is 0.504 e. The third-order valence-corrected chi connectivity index (χ3v) is 6.90. The number of phenolic OH excluding ortho intramolecular Hbond substituents is 2. The van der Waals surface area contributed by atoms with Crippen LogP contribution in [0.3, 0.4) is 0 Å². The summed E-state index contributed by atoms with van der Waals surface area (Å²) < 4.78 is 25.4. The fourth-order valence-corrected chi connectivity index (χ4v) is 5.13. The molecule has 1 aliphatic rings. The number of halogens is 1. The van der Waals surface area contributed by atoms with Gasteiger partial charge in [0.2, 0.25) is 0 Å². The molecule has 9 heteroatoms. The van der Waals surface area contributed by atoms with Crippen LogP contribution in [0.1, 0.15) is 42.4 Å². The van der Waals surface area contributed by atoms with E-state index in [1.165, 1.54) is 6.07 Å². The number of likely N-dealkylation sites (tertiary alicyclic amines) is 1. The van der Waals surface area contributed by atoms with Gasteiger partial charge < -0.3 is 15.1 Å². The molecule has 1 saturated heterocycles. The fraction of sp³-hybridized carbons (Fsp3) is 0.368. The second-order valence-corrected chi connectivity index (χ2v) is 9.25. The molecule has 1 amide bonds. The highest BCUT2D eigenvalue weighted by Gasteiger charge is 2.26. The van der Waals surface area contributed by atoms with Crippen LogP contribution in [-0.4, -0.2) is 47.0 Å². The molecule has 1 aromatic heterocycles. The first kappa shape index (κ1) is 20.4. The van der Waals surface area contributed by atoms with Gasteiger partial charge in [0.1, 0.15) is 5.69 Å². The van der Waals surface area contributed by atoms with Gasteiger partial charge >= 0.3 is 0 Å². The minimum atomic E-state index is -3.95. The number of pyridine rings is 1. The number of amides is 1. The van der Waals surface area contributed by atoms with Crippen LogP contribution < -0.4 is 0 Å². The fourth-order valence-electron chi connectivity index (χ4n) is 3.27. The molecule has 1 aromatic carbocycles. The SMILES string of the molecule is CC1CCCCN1C(=O)c1cccc(CS(=O)(=O)c2cc(O)c(O)cc2Cl)n1. The van der Waals surface area contributed by atoms with Crippen molar-refractivity contribution in [3.63, 3.8) is 0 Å². The summed E-state index contributed by atoms with van der Waals surface area (Å²) in [5.41, 5.74) is 0.389. The second kappa shape index (κ2) is 7.97. The summed E-state index contributed by atoms with van der Waals surface area (Å²) in [5.74, 6) is -1.80. The highest BCUT2D eigenvalue weighted by molar-refractivity contribution is 7.90. The van der Waals surface area contributed by atoms with Crippen molar-refractivity contribution in [2.45, 2.75) is 42.9 Å². The Bertz CT molecular complexity index is 1010. The number of carbonyl (C=O) groups excluding carboxylic acids is 1. The summed E-state index contributed by atoms with van der Waals surface area (Å²) in [6.07, 6.45) is 2.95. The predicted molar refractivity (Wildman–Crippen MR) is 104 cm³/mol. The molecular weight excluding hydrogens is 404 g/mol. The van der Waals surface area contributed by atoms with Crippen LogP contribution in [-0.2, 0) is 15.6 Å². The van der Waals surface area contributed by atoms with E-state index < -0.39 is 27.1 Å². The number of piperidine rings is 1. The first-order chi connectivity index (χ1) is 13.2. The van der Waals surface area contributed by atoms with E-state index in [2.05, 4.69) is 4.98 Å². The standard InChI is InChI=1S/C19H21ClN2O5S/c1-12-5-2-3-8-22(12)19(25)15-7-4-6-13(21-15)11-28(26,27)18-10-17(24)16(23)9-14(18)20/h4,6-7,9-10,12,23-24H,2-3,5,8,11H2,1H3. The maximum absolute atomic E-state index is 12.8. The minimum Gasteiger partial charge on any atom is -0.504 e. The molecular formula is C19H21ClN2O5S. The van der Waals surface area contributed by atoms with Crippen LogP contribution >= 0.6 is 11.6 Å². The third kappa shape index (κ3) is 4.23. The van der Waals surface area contributed by atoms with Gasteiger partial charge in [0.25, 0.3) is 5.91 Å². The molecule has 7 nitrogen and oxygen atoms in total. The van der Waals surface area contributed by atoms with Crippen molar-refractivity contribution < 1.29 is 23.4 Å². The van der Waals surface area contributed by atoms with Gasteiger partial charge in [-0.3, -0.25) is 4.79 Å². The number of carbonyl (C=O) groups is 1. The van der Waals surface area contributed by atoms with Crippen LogP contribution in [0.2, 0.25) is 5.02 Å². The lowest BCUT2D eigenvalue weighted by atomic mass is 10.0. The van der Waals surface area contributed by atoms with Gasteiger partial charge in [-0.2, -0.15) is 0 Å². The van der Waals surface area contributed by atoms with E-state index in [0.29, 0.717) is 6.54 Å². The zero-order chi connectivity index (χ0) is 20.5. The molecule has 0 aliphatic carbocycles. The van der Waals surface area contributed by atoms with E-state index in [9.17, 15) is 23.4 Å². The highest BCUT2D eigenvalue weighted by atomic mass is 35.5. The van der Waals surface area contributed by atoms with Crippen molar-refractivity contribution in [3.05, 3.63) is 46.7 Å². The van der Waals surface area contributed by atoms with Gasteiger partial charge in [-0.25, -0.2) is 13.4 Å². The number of sulfone groups is 1. The minimum absolute atomic E-state index is 0.120. The number of hydrogen-bond acceptors (Lipinski definition) is 6. The van der Waals surface area contributed by atoms with E-state index in [1.54, 1.807) is 17.0 Å². The van der Waals surface area contributed by atoms with Crippen LogP contribution in [0.5, 0.6) is 11.5 Å². The number of phenols is 2. The summed E-state index contributed by atoms with van der Waals surface area (Å²) in [5, 5.41) is 18.8. The Morgan fingerprint density at radius 1 is 1.25 bits per heavy atom. The Labute approximate surface area is 168 Å². The highest BCUT2D eigenvalue weighted by Crippen LogP contribution is 2.35. The van der Waals surface area contributed by atoms with E-state index >= 15 is 0 Å². The summed E-state index contributed by atoms with van der Waals surface area (Å²) >= 11 is 5.92. The number of benzene rings is 1. The van der Waals surface area contributed by atoms with Crippen molar-refractivity contribution in [2.75, 3.05) is 6.54 Å². The van der Waals surface area contributed by atoms with E-state index in [1.807, 2.05) is 6.92 Å². The molecule has 1 aliphatic heterocycles.